The lowest BCUT2D eigenvalue weighted by atomic mass is 10.2. The maximum Gasteiger partial charge on any atom is 0.171 e. The lowest BCUT2D eigenvalue weighted by Crippen LogP contribution is -2.39. The first-order valence-corrected chi connectivity index (χ1v) is 8.78. The Hall–Kier alpha value is -1.79. The van der Waals surface area contributed by atoms with Gasteiger partial charge in [-0.25, -0.2) is 0 Å². The lowest BCUT2D eigenvalue weighted by Gasteiger charge is -2.18. The van der Waals surface area contributed by atoms with Gasteiger partial charge in [0.1, 0.15) is 18.1 Å². The van der Waals surface area contributed by atoms with Crippen LogP contribution in [0.3, 0.4) is 0 Å². The van der Waals surface area contributed by atoms with Crippen molar-refractivity contribution in [1.29, 1.82) is 0 Å². The highest BCUT2D eigenvalue weighted by Gasteiger charge is 2.06. The number of rotatable bonds is 6. The van der Waals surface area contributed by atoms with Crippen LogP contribution in [0.2, 0.25) is 0 Å². The molecule has 2 rings (SSSR count). The van der Waals surface area contributed by atoms with E-state index in [1.54, 1.807) is 7.11 Å². The van der Waals surface area contributed by atoms with Gasteiger partial charge < -0.3 is 20.1 Å². The molecule has 0 spiro atoms. The maximum atomic E-state index is 5.74. The summed E-state index contributed by atoms with van der Waals surface area (Å²) in [4.78, 5) is 0. The minimum absolute atomic E-state index is 0.0728. The summed E-state index contributed by atoms with van der Waals surface area (Å²) in [5.41, 5.74) is 2.11. The number of thiocarbonyl (C=S) groups is 1. The first-order valence-electron chi connectivity index (χ1n) is 7.58. The molecule has 0 aromatic heterocycles. The normalized spacial score (nSPS) is 11.5. The van der Waals surface area contributed by atoms with E-state index in [1.807, 2.05) is 56.3 Å². The van der Waals surface area contributed by atoms with Crippen LogP contribution in [0, 0.1) is 6.92 Å². The Balaban J connectivity index is 1.79. The summed E-state index contributed by atoms with van der Waals surface area (Å²) in [6.45, 7) is 4.56. The fraction of sp³-hybridized carbons (Fsp3) is 0.278. The van der Waals surface area contributed by atoms with Crippen molar-refractivity contribution in [3.63, 3.8) is 0 Å². The number of benzene rings is 2. The van der Waals surface area contributed by atoms with Gasteiger partial charge in [0.2, 0.25) is 0 Å². The average Bonchev–Trinajstić information content (AvgIpc) is 2.56. The molecule has 0 aliphatic rings. The summed E-state index contributed by atoms with van der Waals surface area (Å²) in [7, 11) is 1.64. The lowest BCUT2D eigenvalue weighted by molar-refractivity contribution is 0.286. The number of methoxy groups -OCH3 is 1. The molecule has 1 atom stereocenters. The molecule has 2 aromatic carbocycles. The van der Waals surface area contributed by atoms with Crippen LogP contribution in [0.5, 0.6) is 11.5 Å². The largest absolute Gasteiger partial charge is 0.497 e. The molecule has 6 heteroatoms. The first-order chi connectivity index (χ1) is 11.5. The van der Waals surface area contributed by atoms with Gasteiger partial charge in [0.15, 0.2) is 5.11 Å². The van der Waals surface area contributed by atoms with Gasteiger partial charge in [-0.3, -0.25) is 0 Å². The van der Waals surface area contributed by atoms with Crippen LogP contribution < -0.4 is 20.1 Å². The molecule has 0 fully saturated rings. The fourth-order valence-electron chi connectivity index (χ4n) is 2.05. The van der Waals surface area contributed by atoms with E-state index in [0.29, 0.717) is 11.7 Å². The summed E-state index contributed by atoms with van der Waals surface area (Å²) in [5.74, 6) is 1.61. The third kappa shape index (κ3) is 5.69. The van der Waals surface area contributed by atoms with Gasteiger partial charge in [0.05, 0.1) is 13.2 Å². The summed E-state index contributed by atoms with van der Waals surface area (Å²) in [6, 6.07) is 13.6. The van der Waals surface area contributed by atoms with E-state index in [4.69, 9.17) is 21.7 Å². The van der Waals surface area contributed by atoms with Crippen LogP contribution in [0.25, 0.3) is 0 Å². The van der Waals surface area contributed by atoms with Crippen molar-refractivity contribution in [2.75, 3.05) is 19.0 Å². The predicted molar refractivity (Wildman–Crippen MR) is 106 cm³/mol. The van der Waals surface area contributed by atoms with Gasteiger partial charge in [-0.05, 0) is 74.1 Å². The number of halogens is 1. The maximum absolute atomic E-state index is 5.74. The van der Waals surface area contributed by atoms with Crippen LogP contribution in [0.15, 0.2) is 46.9 Å². The number of nitrogens with one attached hydrogen (secondary N) is 2. The zero-order valence-electron chi connectivity index (χ0n) is 13.9. The Labute approximate surface area is 156 Å². The Kier molecular flexibility index (Phi) is 6.87. The van der Waals surface area contributed by atoms with E-state index in [0.717, 1.165) is 27.2 Å². The quantitative estimate of drug-likeness (QED) is 0.687. The Morgan fingerprint density at radius 3 is 2.46 bits per heavy atom. The Morgan fingerprint density at radius 1 is 1.17 bits per heavy atom. The van der Waals surface area contributed by atoms with Crippen molar-refractivity contribution >= 4 is 38.9 Å². The zero-order valence-corrected chi connectivity index (χ0v) is 16.3. The number of anilines is 1. The minimum atomic E-state index is 0.0728. The number of hydrogen-bond acceptors (Lipinski definition) is 3. The van der Waals surface area contributed by atoms with Crippen LogP contribution >= 0.6 is 28.1 Å². The van der Waals surface area contributed by atoms with Crippen LogP contribution in [-0.2, 0) is 0 Å². The molecule has 0 unspecified atom stereocenters. The molecule has 0 saturated heterocycles. The van der Waals surface area contributed by atoms with Gasteiger partial charge >= 0.3 is 0 Å². The number of hydrogen-bond donors (Lipinski definition) is 2. The second kappa shape index (κ2) is 8.89. The third-order valence-electron chi connectivity index (χ3n) is 3.35. The van der Waals surface area contributed by atoms with E-state index in [1.165, 1.54) is 0 Å². The molecule has 2 aromatic rings. The SMILES string of the molecule is COc1ccc(OC[C@H](C)NC(=S)Nc2ccc(Br)c(C)c2)cc1. The highest BCUT2D eigenvalue weighted by Crippen LogP contribution is 2.20. The monoisotopic (exact) mass is 408 g/mol. The molecule has 0 heterocycles. The van der Waals surface area contributed by atoms with E-state index >= 15 is 0 Å². The molecular formula is C18H21BrN2O2S. The van der Waals surface area contributed by atoms with Crippen molar-refractivity contribution in [2.24, 2.45) is 0 Å². The fourth-order valence-corrected chi connectivity index (χ4v) is 2.61. The second-order valence-corrected chi connectivity index (χ2v) is 6.71. The molecule has 0 amide bonds. The van der Waals surface area contributed by atoms with Gasteiger partial charge in [-0.1, -0.05) is 15.9 Å². The van der Waals surface area contributed by atoms with Crippen molar-refractivity contribution in [3.8, 4) is 11.5 Å². The predicted octanol–water partition coefficient (Wildman–Crippen LogP) is 4.52. The zero-order chi connectivity index (χ0) is 17.5. The molecule has 0 radical (unpaired) electrons. The van der Waals surface area contributed by atoms with E-state index < -0.39 is 0 Å². The summed E-state index contributed by atoms with van der Waals surface area (Å²) in [5, 5.41) is 6.97. The molecule has 0 aliphatic heterocycles. The van der Waals surface area contributed by atoms with Crippen molar-refractivity contribution < 1.29 is 9.47 Å². The summed E-state index contributed by atoms with van der Waals surface area (Å²) in [6.07, 6.45) is 0. The van der Waals surface area contributed by atoms with Crippen molar-refractivity contribution in [3.05, 3.63) is 52.5 Å². The first kappa shape index (κ1) is 18.5. The van der Waals surface area contributed by atoms with Gasteiger partial charge in [-0.15, -0.1) is 0 Å². The molecule has 2 N–H and O–H groups in total. The molecule has 24 heavy (non-hydrogen) atoms. The Bertz CT molecular complexity index is 692. The van der Waals surface area contributed by atoms with E-state index in [-0.39, 0.29) is 6.04 Å². The molecule has 128 valence electrons. The molecule has 4 nitrogen and oxygen atoms in total. The molecule has 0 saturated carbocycles. The van der Waals surface area contributed by atoms with Crippen LogP contribution in [-0.4, -0.2) is 24.9 Å². The standard InChI is InChI=1S/C18H21BrN2O2S/c1-12-10-14(4-9-17(12)19)21-18(24)20-13(2)11-23-16-7-5-15(22-3)6-8-16/h4-10,13H,11H2,1-3H3,(H2,20,21,24)/t13-/m0/s1. The summed E-state index contributed by atoms with van der Waals surface area (Å²) < 4.78 is 11.9. The van der Waals surface area contributed by atoms with Gasteiger partial charge in [0, 0.05) is 10.2 Å². The van der Waals surface area contributed by atoms with Gasteiger partial charge in [-0.2, -0.15) is 0 Å². The smallest absolute Gasteiger partial charge is 0.171 e. The number of ether oxygens (including phenoxy) is 2. The van der Waals surface area contributed by atoms with E-state index in [2.05, 4.69) is 26.6 Å². The van der Waals surface area contributed by atoms with Crippen LogP contribution in [0.1, 0.15) is 12.5 Å². The highest BCUT2D eigenvalue weighted by molar-refractivity contribution is 9.10. The van der Waals surface area contributed by atoms with E-state index in [9.17, 15) is 0 Å². The average molecular weight is 409 g/mol. The minimum Gasteiger partial charge on any atom is -0.497 e. The van der Waals surface area contributed by atoms with Crippen LogP contribution in [0.4, 0.5) is 5.69 Å². The topological polar surface area (TPSA) is 42.5 Å². The third-order valence-corrected chi connectivity index (χ3v) is 4.46. The highest BCUT2D eigenvalue weighted by atomic mass is 79.9. The molecule has 0 bridgehead atoms. The molecule has 0 aliphatic carbocycles. The summed E-state index contributed by atoms with van der Waals surface area (Å²) >= 11 is 8.83. The van der Waals surface area contributed by atoms with Crippen molar-refractivity contribution in [1.82, 2.24) is 5.32 Å². The van der Waals surface area contributed by atoms with Crippen molar-refractivity contribution in [2.45, 2.75) is 19.9 Å². The second-order valence-electron chi connectivity index (χ2n) is 5.45. The molecular weight excluding hydrogens is 388 g/mol. The van der Waals surface area contributed by atoms with Gasteiger partial charge in [0.25, 0.3) is 0 Å². The Morgan fingerprint density at radius 2 is 1.83 bits per heavy atom. The number of aryl methyl sites for hydroxylation is 1.